The lowest BCUT2D eigenvalue weighted by Gasteiger charge is -2.16. The third-order valence-electron chi connectivity index (χ3n) is 3.07. The Morgan fingerprint density at radius 3 is 1.70 bits per heavy atom. The van der Waals surface area contributed by atoms with Gasteiger partial charge >= 0.3 is 0 Å². The van der Waals surface area contributed by atoms with E-state index in [-0.39, 0.29) is 24.6 Å². The van der Waals surface area contributed by atoms with Crippen LogP contribution in [0.15, 0.2) is 0 Å². The number of rotatable bonds is 4. The van der Waals surface area contributed by atoms with E-state index in [4.69, 9.17) is 29.8 Å². The molecule has 0 bridgehead atoms. The van der Waals surface area contributed by atoms with Gasteiger partial charge < -0.3 is 29.8 Å². The van der Waals surface area contributed by atoms with Crippen molar-refractivity contribution >= 4 is 0 Å². The number of aliphatic hydroxyl groups is 1. The highest BCUT2D eigenvalue weighted by molar-refractivity contribution is 4.71. The monoisotopic (exact) mass is 291 g/mol. The van der Waals surface area contributed by atoms with E-state index < -0.39 is 5.79 Å². The van der Waals surface area contributed by atoms with Gasteiger partial charge in [-0.05, 0) is 47.1 Å². The molecule has 0 unspecified atom stereocenters. The average molecular weight is 291 g/mol. The molecule has 2 fully saturated rings. The lowest BCUT2D eigenvalue weighted by molar-refractivity contribution is -0.139. The van der Waals surface area contributed by atoms with Crippen LogP contribution in [0.5, 0.6) is 0 Å². The topological polar surface area (TPSA) is 83.2 Å². The predicted molar refractivity (Wildman–Crippen MR) is 75.2 cm³/mol. The van der Waals surface area contributed by atoms with Crippen LogP contribution >= 0.6 is 0 Å². The van der Waals surface area contributed by atoms with Crippen LogP contribution in [0.3, 0.4) is 0 Å². The minimum Gasteiger partial charge on any atom is -0.396 e. The van der Waals surface area contributed by atoms with Crippen LogP contribution in [0.1, 0.15) is 40.5 Å². The number of aliphatic hydroxyl groups excluding tert-OH is 1. The molecule has 2 aliphatic heterocycles. The van der Waals surface area contributed by atoms with Crippen molar-refractivity contribution in [2.24, 2.45) is 5.73 Å². The zero-order chi connectivity index (χ0) is 15.2. The zero-order valence-corrected chi connectivity index (χ0v) is 13.1. The molecule has 0 aliphatic carbocycles. The summed E-state index contributed by atoms with van der Waals surface area (Å²) in [5.41, 5.74) is 5.36. The summed E-state index contributed by atoms with van der Waals surface area (Å²) in [7, 11) is 0. The molecule has 3 N–H and O–H groups in total. The summed E-state index contributed by atoms with van der Waals surface area (Å²) in [6.07, 6.45) is 1.85. The summed E-state index contributed by atoms with van der Waals surface area (Å²) >= 11 is 0. The van der Waals surface area contributed by atoms with Gasteiger partial charge in [0, 0.05) is 6.61 Å². The van der Waals surface area contributed by atoms with Crippen molar-refractivity contribution in [3.8, 4) is 0 Å². The van der Waals surface area contributed by atoms with E-state index >= 15 is 0 Å². The fourth-order valence-electron chi connectivity index (χ4n) is 2.14. The largest absolute Gasteiger partial charge is 0.396 e. The van der Waals surface area contributed by atoms with Gasteiger partial charge in [-0.25, -0.2) is 0 Å². The van der Waals surface area contributed by atoms with Crippen molar-refractivity contribution < 1.29 is 24.1 Å². The van der Waals surface area contributed by atoms with Crippen molar-refractivity contribution in [3.63, 3.8) is 0 Å². The van der Waals surface area contributed by atoms with E-state index in [0.29, 0.717) is 26.2 Å². The molecule has 0 radical (unpaired) electrons. The van der Waals surface area contributed by atoms with E-state index in [2.05, 4.69) is 0 Å². The Bertz CT molecular complexity index is 255. The Morgan fingerprint density at radius 1 is 0.950 bits per heavy atom. The van der Waals surface area contributed by atoms with Crippen LogP contribution in [-0.4, -0.2) is 55.3 Å². The second kappa shape index (κ2) is 7.68. The molecule has 20 heavy (non-hydrogen) atoms. The minimum atomic E-state index is -0.445. The summed E-state index contributed by atoms with van der Waals surface area (Å²) < 4.78 is 21.5. The molecule has 0 aromatic heterocycles. The fraction of sp³-hybridized carbons (Fsp3) is 1.00. The Kier molecular flexibility index (Phi) is 6.84. The highest BCUT2D eigenvalue weighted by Crippen LogP contribution is 2.24. The van der Waals surface area contributed by atoms with E-state index in [1.54, 1.807) is 0 Å². The molecular weight excluding hydrogens is 262 g/mol. The molecule has 0 spiro atoms. The molecule has 2 saturated heterocycles. The summed E-state index contributed by atoms with van der Waals surface area (Å²) in [5.74, 6) is -0.834. The van der Waals surface area contributed by atoms with Gasteiger partial charge in [0.2, 0.25) is 0 Å². The quantitative estimate of drug-likeness (QED) is 0.804. The standard InChI is InChI=1S/C7H15NO2.C7H14O3/c2*1-7(2)9-5-6(10-7)3-4-8/h6H,3-5,8H2,1-2H3;6,8H,3-5H2,1-2H3/t2*6-/m00/s1. The summed E-state index contributed by atoms with van der Waals surface area (Å²) in [4.78, 5) is 0. The van der Waals surface area contributed by atoms with Crippen molar-refractivity contribution in [1.82, 2.24) is 0 Å². The molecule has 120 valence electrons. The normalized spacial score (nSPS) is 30.9. The minimum absolute atomic E-state index is 0.0833. The Morgan fingerprint density at radius 2 is 1.40 bits per heavy atom. The number of hydrogen-bond acceptors (Lipinski definition) is 6. The first-order valence-corrected chi connectivity index (χ1v) is 7.22. The van der Waals surface area contributed by atoms with Crippen molar-refractivity contribution in [2.75, 3.05) is 26.4 Å². The van der Waals surface area contributed by atoms with Crippen LogP contribution in [0, 0.1) is 0 Å². The van der Waals surface area contributed by atoms with Crippen molar-refractivity contribution in [2.45, 2.75) is 64.3 Å². The van der Waals surface area contributed by atoms with Gasteiger partial charge in [-0.1, -0.05) is 0 Å². The van der Waals surface area contributed by atoms with Gasteiger partial charge in [0.05, 0.1) is 25.4 Å². The molecule has 0 aromatic carbocycles. The summed E-state index contributed by atoms with van der Waals surface area (Å²) in [5, 5.41) is 8.56. The molecule has 6 heteroatoms. The van der Waals surface area contributed by atoms with Gasteiger partial charge in [0.1, 0.15) is 0 Å². The predicted octanol–water partition coefficient (Wildman–Crippen LogP) is 1.01. The Labute approximate surface area is 121 Å². The maximum Gasteiger partial charge on any atom is 0.163 e. The van der Waals surface area contributed by atoms with Gasteiger partial charge in [-0.3, -0.25) is 0 Å². The first-order valence-electron chi connectivity index (χ1n) is 7.22. The van der Waals surface area contributed by atoms with Crippen molar-refractivity contribution in [3.05, 3.63) is 0 Å². The van der Waals surface area contributed by atoms with Crippen LogP contribution in [0.2, 0.25) is 0 Å². The van der Waals surface area contributed by atoms with Gasteiger partial charge in [0.25, 0.3) is 0 Å². The van der Waals surface area contributed by atoms with Crippen LogP contribution in [0.4, 0.5) is 0 Å². The maximum atomic E-state index is 8.56. The molecule has 2 atom stereocenters. The third kappa shape index (κ3) is 6.47. The first-order chi connectivity index (χ1) is 9.28. The molecule has 2 rings (SSSR count). The Hall–Kier alpha value is -0.240. The van der Waals surface area contributed by atoms with Crippen LogP contribution in [0.25, 0.3) is 0 Å². The molecule has 2 aliphatic rings. The second-order valence-corrected chi connectivity index (χ2v) is 5.99. The zero-order valence-electron chi connectivity index (χ0n) is 13.1. The van der Waals surface area contributed by atoms with E-state index in [1.807, 2.05) is 27.7 Å². The van der Waals surface area contributed by atoms with Crippen LogP contribution in [-0.2, 0) is 18.9 Å². The Balaban J connectivity index is 0.000000200. The fourth-order valence-corrected chi connectivity index (χ4v) is 2.14. The molecule has 2 heterocycles. The third-order valence-corrected chi connectivity index (χ3v) is 3.07. The second-order valence-electron chi connectivity index (χ2n) is 5.99. The number of nitrogens with two attached hydrogens (primary N) is 1. The summed E-state index contributed by atoms with van der Waals surface area (Å²) in [6, 6.07) is 0. The molecule has 6 nitrogen and oxygen atoms in total. The highest BCUT2D eigenvalue weighted by Gasteiger charge is 2.32. The van der Waals surface area contributed by atoms with E-state index in [9.17, 15) is 0 Å². The molecule has 0 amide bonds. The van der Waals surface area contributed by atoms with E-state index in [0.717, 1.165) is 6.42 Å². The van der Waals surface area contributed by atoms with E-state index in [1.165, 1.54) is 0 Å². The lowest BCUT2D eigenvalue weighted by atomic mass is 10.3. The van der Waals surface area contributed by atoms with Crippen LogP contribution < -0.4 is 5.73 Å². The average Bonchev–Trinajstić information content (AvgIpc) is 2.84. The molecule has 0 saturated carbocycles. The highest BCUT2D eigenvalue weighted by atomic mass is 16.7. The lowest BCUT2D eigenvalue weighted by Crippen LogP contribution is -2.22. The smallest absolute Gasteiger partial charge is 0.163 e. The van der Waals surface area contributed by atoms with Gasteiger partial charge in [-0.2, -0.15) is 0 Å². The van der Waals surface area contributed by atoms with Crippen molar-refractivity contribution in [1.29, 1.82) is 0 Å². The first kappa shape index (κ1) is 17.8. The summed E-state index contributed by atoms with van der Waals surface area (Å²) in [6.45, 7) is 9.73. The van der Waals surface area contributed by atoms with Gasteiger partial charge in [-0.15, -0.1) is 0 Å². The number of ether oxygens (including phenoxy) is 4. The SMILES string of the molecule is CC1(C)OC[C@H](CCN)O1.CC1(C)OC[C@H](CCO)O1. The van der Waals surface area contributed by atoms with Gasteiger partial charge in [0.15, 0.2) is 11.6 Å². The molecular formula is C14H29NO5. The number of hydrogen-bond donors (Lipinski definition) is 2. The maximum absolute atomic E-state index is 8.56. The molecule has 0 aromatic rings.